The second-order valence-corrected chi connectivity index (χ2v) is 8.92. The topological polar surface area (TPSA) is 106 Å². The molecule has 3 aromatic rings. The van der Waals surface area contributed by atoms with Crippen molar-refractivity contribution in [3.63, 3.8) is 0 Å². The number of carbonyl (C=O) groups excluding carboxylic acids is 1. The number of methoxy groups -OCH3 is 2. The van der Waals surface area contributed by atoms with Gasteiger partial charge in [-0.05, 0) is 48.0 Å². The Balaban J connectivity index is 1.44. The minimum Gasteiger partial charge on any atom is -0.497 e. The fourth-order valence-electron chi connectivity index (χ4n) is 3.53. The Morgan fingerprint density at radius 2 is 1.73 bits per heavy atom. The monoisotopic (exact) mass is 465 g/mol. The highest BCUT2D eigenvalue weighted by Gasteiger charge is 2.29. The van der Waals surface area contributed by atoms with Crippen molar-refractivity contribution in [1.29, 1.82) is 0 Å². The molecule has 0 saturated carbocycles. The molecule has 1 heterocycles. The molecule has 33 heavy (non-hydrogen) atoms. The number of carbonyl (C=O) groups is 1. The predicted octanol–water partition coefficient (Wildman–Crippen LogP) is 3.44. The van der Waals surface area contributed by atoms with Crippen molar-refractivity contribution in [3.8, 4) is 22.6 Å². The van der Waals surface area contributed by atoms with E-state index in [-0.39, 0.29) is 29.6 Å². The first kappa shape index (κ1) is 22.3. The van der Waals surface area contributed by atoms with Gasteiger partial charge >= 0.3 is 0 Å². The largest absolute Gasteiger partial charge is 0.497 e. The fraction of sp³-hybridized carbons (Fsp3) is 0.167. The van der Waals surface area contributed by atoms with Gasteiger partial charge in [-0.1, -0.05) is 24.3 Å². The third-order valence-electron chi connectivity index (χ3n) is 5.16. The molecule has 9 heteroatoms. The van der Waals surface area contributed by atoms with Crippen LogP contribution in [0.2, 0.25) is 0 Å². The maximum Gasteiger partial charge on any atom is 0.263 e. The number of amides is 1. The molecule has 1 aliphatic rings. The molecular formula is C24H23N3O5S. The van der Waals surface area contributed by atoms with Gasteiger partial charge in [0.15, 0.2) is 0 Å². The molecule has 0 radical (unpaired) electrons. The number of amidine groups is 1. The van der Waals surface area contributed by atoms with E-state index in [4.69, 9.17) is 9.47 Å². The minimum atomic E-state index is -3.60. The number of nitrogens with one attached hydrogen (secondary N) is 2. The highest BCUT2D eigenvalue weighted by molar-refractivity contribution is 7.90. The lowest BCUT2D eigenvalue weighted by Crippen LogP contribution is -2.23. The normalized spacial score (nSPS) is 14.9. The SMILES string of the molecule is COc1ccc(-c2cc(NC(=O)CCN=C3NS(=O)(=O)c4ccccc43)ccc2OC)cc1. The summed E-state index contributed by atoms with van der Waals surface area (Å²) in [6.45, 7) is 0.138. The second kappa shape index (κ2) is 9.33. The van der Waals surface area contributed by atoms with Crippen LogP contribution in [-0.2, 0) is 14.8 Å². The molecule has 0 fully saturated rings. The van der Waals surface area contributed by atoms with Crippen molar-refractivity contribution < 1.29 is 22.7 Å². The summed E-state index contributed by atoms with van der Waals surface area (Å²) in [5, 5.41) is 2.86. The summed E-state index contributed by atoms with van der Waals surface area (Å²) in [5.74, 6) is 1.44. The van der Waals surface area contributed by atoms with E-state index in [0.717, 1.165) is 16.9 Å². The second-order valence-electron chi connectivity index (χ2n) is 7.27. The van der Waals surface area contributed by atoms with Gasteiger partial charge in [0, 0.05) is 23.2 Å². The fourth-order valence-corrected chi connectivity index (χ4v) is 4.78. The Kier molecular flexibility index (Phi) is 6.32. The van der Waals surface area contributed by atoms with Crippen LogP contribution in [0.4, 0.5) is 5.69 Å². The molecule has 1 amide bonds. The number of fused-ring (bicyclic) bond motifs is 1. The number of nitrogens with zero attached hydrogens (tertiary/aromatic N) is 1. The number of rotatable bonds is 7. The summed E-state index contributed by atoms with van der Waals surface area (Å²) in [5.41, 5.74) is 2.88. The van der Waals surface area contributed by atoms with E-state index in [1.165, 1.54) is 6.07 Å². The van der Waals surface area contributed by atoms with Gasteiger partial charge in [0.2, 0.25) is 5.91 Å². The van der Waals surface area contributed by atoms with Gasteiger partial charge in [0.1, 0.15) is 17.3 Å². The molecule has 0 bridgehead atoms. The average molecular weight is 466 g/mol. The van der Waals surface area contributed by atoms with Gasteiger partial charge in [-0.3, -0.25) is 14.5 Å². The van der Waals surface area contributed by atoms with Crippen LogP contribution in [0.5, 0.6) is 11.5 Å². The number of sulfonamides is 1. The number of aliphatic imine (C=N–C) groups is 1. The minimum absolute atomic E-state index is 0.0945. The van der Waals surface area contributed by atoms with E-state index in [1.807, 2.05) is 30.3 Å². The van der Waals surface area contributed by atoms with Crippen LogP contribution >= 0.6 is 0 Å². The van der Waals surface area contributed by atoms with Gasteiger partial charge in [-0.2, -0.15) is 0 Å². The maximum atomic E-state index is 12.5. The summed E-state index contributed by atoms with van der Waals surface area (Å²) in [6, 6.07) is 19.5. The van der Waals surface area contributed by atoms with E-state index in [9.17, 15) is 13.2 Å². The van der Waals surface area contributed by atoms with Crippen LogP contribution in [0.25, 0.3) is 11.1 Å². The van der Waals surface area contributed by atoms with E-state index < -0.39 is 10.0 Å². The van der Waals surface area contributed by atoms with Crippen molar-refractivity contribution in [2.24, 2.45) is 4.99 Å². The van der Waals surface area contributed by atoms with Gasteiger partial charge in [0.05, 0.1) is 25.7 Å². The van der Waals surface area contributed by atoms with Crippen molar-refractivity contribution in [2.45, 2.75) is 11.3 Å². The zero-order chi connectivity index (χ0) is 23.4. The molecule has 3 aromatic carbocycles. The zero-order valence-electron chi connectivity index (χ0n) is 18.2. The van der Waals surface area contributed by atoms with Gasteiger partial charge in [-0.15, -0.1) is 0 Å². The average Bonchev–Trinajstić information content (AvgIpc) is 3.09. The van der Waals surface area contributed by atoms with E-state index >= 15 is 0 Å². The number of benzene rings is 3. The van der Waals surface area contributed by atoms with Crippen LogP contribution in [0.3, 0.4) is 0 Å². The van der Waals surface area contributed by atoms with Gasteiger partial charge in [-0.25, -0.2) is 8.42 Å². The number of ether oxygens (including phenoxy) is 2. The summed E-state index contributed by atoms with van der Waals surface area (Å²) < 4.78 is 37.4. The summed E-state index contributed by atoms with van der Waals surface area (Å²) in [4.78, 5) is 17.0. The first-order valence-corrected chi connectivity index (χ1v) is 11.7. The predicted molar refractivity (Wildman–Crippen MR) is 126 cm³/mol. The summed E-state index contributed by atoms with van der Waals surface area (Å²) in [6.07, 6.45) is 0.0945. The number of hydrogen-bond donors (Lipinski definition) is 2. The maximum absolute atomic E-state index is 12.5. The highest BCUT2D eigenvalue weighted by Crippen LogP contribution is 2.33. The van der Waals surface area contributed by atoms with E-state index in [2.05, 4.69) is 15.0 Å². The summed E-state index contributed by atoms with van der Waals surface area (Å²) >= 11 is 0. The Morgan fingerprint density at radius 3 is 2.45 bits per heavy atom. The molecule has 0 aromatic heterocycles. The lowest BCUT2D eigenvalue weighted by molar-refractivity contribution is -0.116. The molecule has 0 saturated heterocycles. The molecule has 170 valence electrons. The van der Waals surface area contributed by atoms with E-state index in [1.54, 1.807) is 44.6 Å². The van der Waals surface area contributed by atoms with Crippen molar-refractivity contribution in [2.75, 3.05) is 26.1 Å². The number of anilines is 1. The molecule has 0 spiro atoms. The molecule has 1 aliphatic heterocycles. The molecule has 0 atom stereocenters. The lowest BCUT2D eigenvalue weighted by Gasteiger charge is -2.12. The van der Waals surface area contributed by atoms with Crippen molar-refractivity contribution in [3.05, 3.63) is 72.3 Å². The van der Waals surface area contributed by atoms with Crippen LogP contribution in [0.1, 0.15) is 12.0 Å². The standard InChI is InChI=1S/C24H23N3O5S/c1-31-18-10-7-16(8-11-18)20-15-17(9-12-21(20)32-2)26-23(28)13-14-25-24-19-5-3-4-6-22(19)33(29,30)27-24/h3-12,15H,13-14H2,1-2H3,(H,25,27)(H,26,28). The smallest absolute Gasteiger partial charge is 0.263 e. The van der Waals surface area contributed by atoms with Gasteiger partial charge < -0.3 is 14.8 Å². The Bertz CT molecular complexity index is 1320. The van der Waals surface area contributed by atoms with Crippen LogP contribution in [0, 0.1) is 0 Å². The Hall–Kier alpha value is -3.85. The molecule has 0 aliphatic carbocycles. The van der Waals surface area contributed by atoms with E-state index in [0.29, 0.717) is 17.0 Å². The molecule has 0 unspecified atom stereocenters. The first-order valence-electron chi connectivity index (χ1n) is 10.2. The van der Waals surface area contributed by atoms with Crippen LogP contribution in [0.15, 0.2) is 76.6 Å². The first-order chi connectivity index (χ1) is 15.9. The molecular weight excluding hydrogens is 442 g/mol. The molecule has 2 N–H and O–H groups in total. The van der Waals surface area contributed by atoms with Crippen molar-refractivity contribution in [1.82, 2.24) is 4.72 Å². The molecule has 8 nitrogen and oxygen atoms in total. The third-order valence-corrected chi connectivity index (χ3v) is 6.55. The quantitative estimate of drug-likeness (QED) is 0.556. The zero-order valence-corrected chi connectivity index (χ0v) is 19.0. The Labute approximate surface area is 192 Å². The van der Waals surface area contributed by atoms with Crippen LogP contribution < -0.4 is 19.5 Å². The highest BCUT2D eigenvalue weighted by atomic mass is 32.2. The lowest BCUT2D eigenvalue weighted by atomic mass is 10.0. The molecule has 4 rings (SSSR count). The summed E-state index contributed by atoms with van der Waals surface area (Å²) in [7, 11) is -0.397. The third kappa shape index (κ3) is 4.83. The van der Waals surface area contributed by atoms with Gasteiger partial charge in [0.25, 0.3) is 10.0 Å². The Morgan fingerprint density at radius 1 is 0.970 bits per heavy atom. The van der Waals surface area contributed by atoms with Crippen molar-refractivity contribution >= 4 is 27.5 Å². The van der Waals surface area contributed by atoms with Crippen LogP contribution in [-0.4, -0.2) is 40.9 Å². The number of hydrogen-bond acceptors (Lipinski definition) is 6.